The van der Waals surface area contributed by atoms with Gasteiger partial charge in [0.25, 0.3) is 0 Å². The monoisotopic (exact) mass is 279 g/mol. The smallest absolute Gasteiger partial charge is 0.126 e. The second kappa shape index (κ2) is 5.84. The van der Waals surface area contributed by atoms with Crippen molar-refractivity contribution in [1.29, 1.82) is 0 Å². The van der Waals surface area contributed by atoms with Gasteiger partial charge in [-0.2, -0.15) is 0 Å². The molecule has 104 valence electrons. The molecule has 0 atom stereocenters. The molecule has 0 radical (unpaired) electrons. The van der Waals surface area contributed by atoms with Crippen LogP contribution in [0.5, 0.6) is 0 Å². The standard InChI is InChI=1S/C14H21N3OS/c1-10-7-11(13(15)19)8-12(17-10)16-9-14(2)3-5-18-6-4-14/h7-8H,3-6,9H2,1-2H3,(H2,15,19)(H,16,17). The van der Waals surface area contributed by atoms with Crippen molar-refractivity contribution < 1.29 is 4.74 Å². The van der Waals surface area contributed by atoms with Gasteiger partial charge in [-0.3, -0.25) is 0 Å². The van der Waals surface area contributed by atoms with Crippen LogP contribution in [0.3, 0.4) is 0 Å². The minimum absolute atomic E-state index is 0.271. The van der Waals surface area contributed by atoms with Gasteiger partial charge in [0.05, 0.1) is 0 Å². The first-order chi connectivity index (χ1) is 8.98. The third-order valence-electron chi connectivity index (χ3n) is 3.63. The number of nitrogens with one attached hydrogen (secondary N) is 1. The first kappa shape index (κ1) is 14.2. The number of thiocarbonyl (C=S) groups is 1. The average Bonchev–Trinajstić information content (AvgIpc) is 2.37. The molecule has 0 unspecified atom stereocenters. The van der Waals surface area contributed by atoms with E-state index in [1.54, 1.807) is 0 Å². The van der Waals surface area contributed by atoms with E-state index >= 15 is 0 Å². The lowest BCUT2D eigenvalue weighted by atomic mass is 9.82. The number of hydrogen-bond acceptors (Lipinski definition) is 4. The number of ether oxygens (including phenoxy) is 1. The van der Waals surface area contributed by atoms with Gasteiger partial charge < -0.3 is 15.8 Å². The predicted molar refractivity (Wildman–Crippen MR) is 81.5 cm³/mol. The highest BCUT2D eigenvalue weighted by molar-refractivity contribution is 7.80. The van der Waals surface area contributed by atoms with Crippen molar-refractivity contribution in [2.75, 3.05) is 25.1 Å². The Bertz CT molecular complexity index is 470. The Morgan fingerprint density at radius 1 is 1.47 bits per heavy atom. The molecule has 4 nitrogen and oxygen atoms in total. The normalized spacial score (nSPS) is 18.0. The van der Waals surface area contributed by atoms with Crippen molar-refractivity contribution in [3.05, 3.63) is 23.4 Å². The topological polar surface area (TPSA) is 60.2 Å². The van der Waals surface area contributed by atoms with E-state index in [1.807, 2.05) is 19.1 Å². The molecule has 0 aliphatic carbocycles. The molecule has 1 aliphatic heterocycles. The minimum atomic E-state index is 0.271. The van der Waals surface area contributed by atoms with Crippen LogP contribution in [0.2, 0.25) is 0 Å². The molecule has 1 saturated heterocycles. The van der Waals surface area contributed by atoms with Crippen LogP contribution >= 0.6 is 12.2 Å². The Hall–Kier alpha value is -1.20. The van der Waals surface area contributed by atoms with Gasteiger partial charge in [0.2, 0.25) is 0 Å². The second-order valence-electron chi connectivity index (χ2n) is 5.52. The molecule has 1 fully saturated rings. The molecule has 0 aromatic carbocycles. The van der Waals surface area contributed by atoms with Crippen LogP contribution in [0.4, 0.5) is 5.82 Å². The van der Waals surface area contributed by atoms with Crippen LogP contribution in [0.25, 0.3) is 0 Å². The Morgan fingerprint density at radius 2 is 2.16 bits per heavy atom. The summed E-state index contributed by atoms with van der Waals surface area (Å²) in [5.74, 6) is 0.843. The fraction of sp³-hybridized carbons (Fsp3) is 0.571. The number of hydrogen-bond donors (Lipinski definition) is 2. The summed E-state index contributed by atoms with van der Waals surface area (Å²) in [6, 6.07) is 3.82. The summed E-state index contributed by atoms with van der Waals surface area (Å²) in [4.78, 5) is 4.88. The van der Waals surface area contributed by atoms with Crippen LogP contribution in [-0.4, -0.2) is 29.7 Å². The number of aryl methyl sites for hydroxylation is 1. The van der Waals surface area contributed by atoms with Gasteiger partial charge in [0.1, 0.15) is 10.8 Å². The molecular weight excluding hydrogens is 258 g/mol. The van der Waals surface area contributed by atoms with Gasteiger partial charge in [-0.15, -0.1) is 0 Å². The quantitative estimate of drug-likeness (QED) is 0.828. The zero-order valence-corrected chi connectivity index (χ0v) is 12.3. The summed E-state index contributed by atoms with van der Waals surface area (Å²) in [5, 5.41) is 3.41. The lowest BCUT2D eigenvalue weighted by Gasteiger charge is -2.33. The molecule has 3 N–H and O–H groups in total. The van der Waals surface area contributed by atoms with Crippen LogP contribution in [-0.2, 0) is 4.74 Å². The lowest BCUT2D eigenvalue weighted by molar-refractivity contribution is 0.0300. The van der Waals surface area contributed by atoms with E-state index in [2.05, 4.69) is 17.2 Å². The maximum atomic E-state index is 5.68. The van der Waals surface area contributed by atoms with E-state index in [4.69, 9.17) is 22.7 Å². The van der Waals surface area contributed by atoms with Gasteiger partial charge in [-0.05, 0) is 37.3 Å². The van der Waals surface area contributed by atoms with Crippen LogP contribution in [0, 0.1) is 12.3 Å². The molecular formula is C14H21N3OS. The van der Waals surface area contributed by atoms with Crippen molar-refractivity contribution in [3.63, 3.8) is 0 Å². The summed E-state index contributed by atoms with van der Waals surface area (Å²) in [6.45, 7) is 6.81. The van der Waals surface area contributed by atoms with Crippen LogP contribution in [0.1, 0.15) is 31.0 Å². The largest absolute Gasteiger partial charge is 0.389 e. The zero-order chi connectivity index (χ0) is 13.9. The fourth-order valence-electron chi connectivity index (χ4n) is 2.25. The Kier molecular flexibility index (Phi) is 4.37. The van der Waals surface area contributed by atoms with E-state index in [9.17, 15) is 0 Å². The lowest BCUT2D eigenvalue weighted by Crippen LogP contribution is -2.33. The van der Waals surface area contributed by atoms with E-state index in [0.29, 0.717) is 4.99 Å². The van der Waals surface area contributed by atoms with Crippen molar-refractivity contribution >= 4 is 23.0 Å². The zero-order valence-electron chi connectivity index (χ0n) is 11.5. The van der Waals surface area contributed by atoms with Crippen molar-refractivity contribution in [1.82, 2.24) is 4.98 Å². The van der Waals surface area contributed by atoms with Crippen LogP contribution < -0.4 is 11.1 Å². The average molecular weight is 279 g/mol. The summed E-state index contributed by atoms with van der Waals surface area (Å²) >= 11 is 5.02. The first-order valence-electron chi connectivity index (χ1n) is 6.59. The molecule has 1 aromatic heterocycles. The number of aromatic nitrogens is 1. The SMILES string of the molecule is Cc1cc(C(N)=S)cc(NCC2(C)CCOCC2)n1. The van der Waals surface area contributed by atoms with Crippen LogP contribution in [0.15, 0.2) is 12.1 Å². The Balaban J connectivity index is 2.04. The van der Waals surface area contributed by atoms with Crippen molar-refractivity contribution in [3.8, 4) is 0 Å². The molecule has 0 bridgehead atoms. The predicted octanol–water partition coefficient (Wildman–Crippen LogP) is 2.25. The van der Waals surface area contributed by atoms with Crippen molar-refractivity contribution in [2.45, 2.75) is 26.7 Å². The third-order valence-corrected chi connectivity index (χ3v) is 3.87. The number of anilines is 1. The third kappa shape index (κ3) is 3.88. The first-order valence-corrected chi connectivity index (χ1v) is 6.99. The highest BCUT2D eigenvalue weighted by Gasteiger charge is 2.27. The molecule has 19 heavy (non-hydrogen) atoms. The van der Waals surface area contributed by atoms with Crippen molar-refractivity contribution in [2.24, 2.45) is 11.1 Å². The maximum Gasteiger partial charge on any atom is 0.126 e. The number of nitrogens with zero attached hydrogens (tertiary/aromatic N) is 1. The van der Waals surface area contributed by atoms with Gasteiger partial charge in [-0.25, -0.2) is 4.98 Å². The molecule has 0 spiro atoms. The van der Waals surface area contributed by atoms with E-state index in [0.717, 1.165) is 49.7 Å². The van der Waals surface area contributed by atoms with E-state index < -0.39 is 0 Å². The second-order valence-corrected chi connectivity index (χ2v) is 5.96. The minimum Gasteiger partial charge on any atom is -0.389 e. The van der Waals surface area contributed by atoms with Gasteiger partial charge in [-0.1, -0.05) is 19.1 Å². The molecule has 2 heterocycles. The molecule has 0 amide bonds. The van der Waals surface area contributed by atoms with E-state index in [-0.39, 0.29) is 5.41 Å². The highest BCUT2D eigenvalue weighted by Crippen LogP contribution is 2.29. The van der Waals surface area contributed by atoms with E-state index in [1.165, 1.54) is 0 Å². The van der Waals surface area contributed by atoms with Gasteiger partial charge in [0.15, 0.2) is 0 Å². The molecule has 2 rings (SSSR count). The summed E-state index contributed by atoms with van der Waals surface area (Å²) in [7, 11) is 0. The number of nitrogens with two attached hydrogens (primary N) is 1. The summed E-state index contributed by atoms with van der Waals surface area (Å²) in [6.07, 6.45) is 2.15. The fourth-order valence-corrected chi connectivity index (χ4v) is 2.36. The molecule has 1 aliphatic rings. The number of pyridine rings is 1. The van der Waals surface area contributed by atoms with Gasteiger partial charge >= 0.3 is 0 Å². The maximum absolute atomic E-state index is 5.68. The summed E-state index contributed by atoms with van der Waals surface area (Å²) < 4.78 is 5.41. The Morgan fingerprint density at radius 3 is 2.79 bits per heavy atom. The molecule has 1 aromatic rings. The number of rotatable bonds is 4. The summed E-state index contributed by atoms with van der Waals surface area (Å²) in [5.41, 5.74) is 7.73. The van der Waals surface area contributed by atoms with Gasteiger partial charge in [0, 0.05) is 31.0 Å². The Labute approximate surface area is 119 Å². The molecule has 0 saturated carbocycles. The highest BCUT2D eigenvalue weighted by atomic mass is 32.1. The molecule has 5 heteroatoms.